The Morgan fingerprint density at radius 3 is 2.48 bits per heavy atom. The van der Waals surface area contributed by atoms with Crippen molar-refractivity contribution < 1.29 is 14.3 Å². The van der Waals surface area contributed by atoms with E-state index in [2.05, 4.69) is 15.1 Å². The lowest BCUT2D eigenvalue weighted by Gasteiger charge is -2.02. The molecule has 1 aromatic carbocycles. The van der Waals surface area contributed by atoms with Gasteiger partial charge in [-0.3, -0.25) is 0 Å². The first kappa shape index (κ1) is 16.5. The van der Waals surface area contributed by atoms with Crippen molar-refractivity contribution in [3.05, 3.63) is 65.5 Å². The quantitative estimate of drug-likeness (QED) is 0.584. The van der Waals surface area contributed by atoms with Crippen molar-refractivity contribution in [1.29, 1.82) is 0 Å². The van der Waals surface area contributed by atoms with Crippen LogP contribution in [0.1, 0.15) is 16.7 Å². The van der Waals surface area contributed by atoms with Gasteiger partial charge in [0.05, 0.1) is 5.57 Å². The predicted molar refractivity (Wildman–Crippen MR) is 90.9 cm³/mol. The van der Waals surface area contributed by atoms with Gasteiger partial charge in [0.1, 0.15) is 6.33 Å². The van der Waals surface area contributed by atoms with Crippen LogP contribution in [0, 0.1) is 19.8 Å². The van der Waals surface area contributed by atoms with E-state index in [9.17, 15) is 14.3 Å². The number of pyridine rings is 1. The van der Waals surface area contributed by atoms with Crippen LogP contribution in [0.4, 0.5) is 4.39 Å². The van der Waals surface area contributed by atoms with Crippen LogP contribution in [0.5, 0.6) is 0 Å². The molecule has 2 aromatic heterocycles. The monoisotopic (exact) mass is 338 g/mol. The van der Waals surface area contributed by atoms with E-state index in [0.29, 0.717) is 5.82 Å². The van der Waals surface area contributed by atoms with Gasteiger partial charge >= 0.3 is 5.97 Å². The molecule has 126 valence electrons. The van der Waals surface area contributed by atoms with Gasteiger partial charge in [0.2, 0.25) is 5.95 Å². The maximum absolute atomic E-state index is 12.9. The summed E-state index contributed by atoms with van der Waals surface area (Å²) < 4.78 is 14.2. The zero-order valence-corrected chi connectivity index (χ0v) is 13.6. The molecule has 0 unspecified atom stereocenters. The highest BCUT2D eigenvalue weighted by Crippen LogP contribution is 2.20. The van der Waals surface area contributed by atoms with Crippen LogP contribution in [0.3, 0.4) is 0 Å². The number of rotatable bonds is 4. The number of halogens is 1. The first-order valence-corrected chi connectivity index (χ1v) is 7.49. The molecule has 0 fully saturated rings. The summed E-state index contributed by atoms with van der Waals surface area (Å²) in [7, 11) is 0. The van der Waals surface area contributed by atoms with Crippen molar-refractivity contribution in [2.75, 3.05) is 0 Å². The van der Waals surface area contributed by atoms with Crippen LogP contribution in [0.25, 0.3) is 23.2 Å². The fourth-order valence-electron chi connectivity index (χ4n) is 2.49. The number of aryl methyl sites for hydroxylation is 2. The summed E-state index contributed by atoms with van der Waals surface area (Å²) in [4.78, 5) is 19.2. The van der Waals surface area contributed by atoms with E-state index in [0.717, 1.165) is 29.0 Å². The minimum atomic E-state index is -1.17. The molecule has 3 rings (SSSR count). The average molecular weight is 338 g/mol. The lowest BCUT2D eigenvalue weighted by molar-refractivity contribution is -0.130. The molecule has 0 radical (unpaired) electrons. The van der Waals surface area contributed by atoms with Gasteiger partial charge < -0.3 is 5.11 Å². The van der Waals surface area contributed by atoms with Gasteiger partial charge in [0.25, 0.3) is 0 Å². The summed E-state index contributed by atoms with van der Waals surface area (Å²) in [6.07, 6.45) is 3.90. The Kier molecular flexibility index (Phi) is 4.38. The van der Waals surface area contributed by atoms with E-state index in [1.54, 1.807) is 0 Å². The smallest absolute Gasteiger partial charge is 0.337 e. The minimum absolute atomic E-state index is 0.0654. The molecule has 0 spiro atoms. The van der Waals surface area contributed by atoms with Gasteiger partial charge in [-0.15, -0.1) is 5.10 Å². The molecule has 0 aliphatic rings. The highest BCUT2D eigenvalue weighted by atomic mass is 19.1. The summed E-state index contributed by atoms with van der Waals surface area (Å²) >= 11 is 0. The number of nitrogens with zero attached hydrogens (tertiary/aromatic N) is 4. The van der Waals surface area contributed by atoms with E-state index in [1.165, 1.54) is 23.3 Å². The van der Waals surface area contributed by atoms with Crippen LogP contribution < -0.4 is 0 Å². The summed E-state index contributed by atoms with van der Waals surface area (Å²) in [5.74, 6) is -1.35. The number of carbonyl (C=O) groups is 1. The molecule has 2 heterocycles. The minimum Gasteiger partial charge on any atom is -0.478 e. The fraction of sp³-hybridized carbons (Fsp3) is 0.111. The molecular formula is C18H15FN4O2. The van der Waals surface area contributed by atoms with Crippen molar-refractivity contribution >= 4 is 17.7 Å². The van der Waals surface area contributed by atoms with E-state index in [1.807, 2.05) is 32.0 Å². The Morgan fingerprint density at radius 2 is 1.88 bits per heavy atom. The van der Waals surface area contributed by atoms with Crippen molar-refractivity contribution in [3.63, 3.8) is 0 Å². The van der Waals surface area contributed by atoms with E-state index >= 15 is 0 Å². The standard InChI is InChI=1S/C18H15FN4O2/c1-11-5-12(2)7-14(6-11)17-21-10-23(22-17)9-15(18(24)25)13-3-4-16(19)20-8-13/h3-10H,1-2H3,(H,24,25)/b15-9+. The van der Waals surface area contributed by atoms with Gasteiger partial charge in [0, 0.05) is 23.5 Å². The van der Waals surface area contributed by atoms with Crippen molar-refractivity contribution in [2.24, 2.45) is 0 Å². The second kappa shape index (κ2) is 6.64. The first-order chi connectivity index (χ1) is 11.9. The second-order valence-electron chi connectivity index (χ2n) is 5.64. The maximum Gasteiger partial charge on any atom is 0.337 e. The van der Waals surface area contributed by atoms with Gasteiger partial charge in [-0.2, -0.15) is 4.39 Å². The number of aliphatic carboxylic acids is 1. The third-order valence-electron chi connectivity index (χ3n) is 3.52. The Balaban J connectivity index is 1.98. The number of hydrogen-bond acceptors (Lipinski definition) is 4. The lowest BCUT2D eigenvalue weighted by atomic mass is 10.1. The van der Waals surface area contributed by atoms with Crippen LogP contribution in [0.15, 0.2) is 42.9 Å². The normalized spacial score (nSPS) is 11.6. The molecule has 0 atom stereocenters. The molecule has 25 heavy (non-hydrogen) atoms. The van der Waals surface area contributed by atoms with Crippen LogP contribution in [-0.4, -0.2) is 30.8 Å². The lowest BCUT2D eigenvalue weighted by Crippen LogP contribution is -2.03. The zero-order chi connectivity index (χ0) is 18.0. The third-order valence-corrected chi connectivity index (χ3v) is 3.52. The largest absolute Gasteiger partial charge is 0.478 e. The van der Waals surface area contributed by atoms with E-state index in [-0.39, 0.29) is 11.1 Å². The van der Waals surface area contributed by atoms with E-state index < -0.39 is 11.9 Å². The molecule has 1 N–H and O–H groups in total. The topological polar surface area (TPSA) is 80.9 Å². The Morgan fingerprint density at radius 1 is 1.16 bits per heavy atom. The molecule has 0 saturated carbocycles. The molecule has 6 nitrogen and oxygen atoms in total. The Hall–Kier alpha value is -3.35. The van der Waals surface area contributed by atoms with Crippen LogP contribution >= 0.6 is 0 Å². The molecule has 7 heteroatoms. The van der Waals surface area contributed by atoms with Gasteiger partial charge in [-0.1, -0.05) is 17.2 Å². The van der Waals surface area contributed by atoms with Crippen LogP contribution in [0.2, 0.25) is 0 Å². The van der Waals surface area contributed by atoms with Gasteiger partial charge in [0.15, 0.2) is 5.82 Å². The highest BCUT2D eigenvalue weighted by molar-refractivity contribution is 6.19. The molecular weight excluding hydrogens is 323 g/mol. The average Bonchev–Trinajstić information content (AvgIpc) is 3.01. The SMILES string of the molecule is Cc1cc(C)cc(-c2ncn(/C=C(/C(=O)O)c3ccc(F)nc3)n2)c1. The van der Waals surface area contributed by atoms with Crippen molar-refractivity contribution in [3.8, 4) is 11.4 Å². The van der Waals surface area contributed by atoms with Crippen molar-refractivity contribution in [1.82, 2.24) is 19.7 Å². The molecule has 0 amide bonds. The third kappa shape index (κ3) is 3.77. The highest BCUT2D eigenvalue weighted by Gasteiger charge is 2.13. The number of carboxylic acid groups (broad SMARTS) is 1. The number of aromatic nitrogens is 4. The molecule has 0 aliphatic carbocycles. The van der Waals surface area contributed by atoms with Crippen molar-refractivity contribution in [2.45, 2.75) is 13.8 Å². The summed E-state index contributed by atoms with van der Waals surface area (Å²) in [6, 6.07) is 8.42. The summed E-state index contributed by atoms with van der Waals surface area (Å²) in [5, 5.41) is 13.7. The Bertz CT molecular complexity index is 941. The maximum atomic E-state index is 12.9. The first-order valence-electron chi connectivity index (χ1n) is 7.49. The molecule has 0 saturated heterocycles. The predicted octanol–water partition coefficient (Wildman–Crippen LogP) is 3.18. The summed E-state index contributed by atoms with van der Waals surface area (Å²) in [5.41, 5.74) is 3.24. The van der Waals surface area contributed by atoms with E-state index in [4.69, 9.17) is 0 Å². The van der Waals surface area contributed by atoms with Crippen LogP contribution in [-0.2, 0) is 4.79 Å². The second-order valence-corrected chi connectivity index (χ2v) is 5.64. The van der Waals surface area contributed by atoms with Gasteiger partial charge in [-0.25, -0.2) is 19.4 Å². The van der Waals surface area contributed by atoms with Gasteiger partial charge in [-0.05, 0) is 38.1 Å². The summed E-state index contributed by atoms with van der Waals surface area (Å²) in [6.45, 7) is 3.97. The molecule has 3 aromatic rings. The number of hydrogen-bond donors (Lipinski definition) is 1. The zero-order valence-electron chi connectivity index (χ0n) is 13.6. The molecule has 0 aliphatic heterocycles. The molecule has 0 bridgehead atoms. The Labute approximate surface area is 143 Å². The number of benzene rings is 1. The fourth-order valence-corrected chi connectivity index (χ4v) is 2.49. The number of carboxylic acids is 1.